The maximum absolute atomic E-state index is 5.70. The molecule has 0 atom stereocenters. The molecule has 4 rings (SSSR count). The summed E-state index contributed by atoms with van der Waals surface area (Å²) < 4.78 is 0. The van der Waals surface area contributed by atoms with Crippen molar-refractivity contribution in [2.24, 2.45) is 0 Å². The smallest absolute Gasteiger partial charge is 0.0314 e. The Morgan fingerprint density at radius 3 is 0.556 bits per heavy atom. The molecule has 4 aromatic carbocycles. The molecule has 0 fully saturated rings. The topological polar surface area (TPSA) is 104 Å². The van der Waals surface area contributed by atoms with Gasteiger partial charge in [0.15, 0.2) is 0 Å². The van der Waals surface area contributed by atoms with Crippen LogP contribution in [0.3, 0.4) is 0 Å². The van der Waals surface area contributed by atoms with Gasteiger partial charge in [0.05, 0.1) is 0 Å². The fourth-order valence-electron chi connectivity index (χ4n) is 5.64. The van der Waals surface area contributed by atoms with Crippen LogP contribution in [0.15, 0.2) is 97.1 Å². The van der Waals surface area contributed by atoms with Crippen molar-refractivity contribution in [2.75, 3.05) is 22.9 Å². The average molecular weight is 607 g/mol. The number of benzene rings is 4. The first kappa shape index (κ1) is 35.6. The second-order valence-corrected chi connectivity index (χ2v) is 12.6. The highest BCUT2D eigenvalue weighted by molar-refractivity contribution is 5.41. The van der Waals surface area contributed by atoms with Crippen LogP contribution in [0.5, 0.6) is 0 Å². The van der Waals surface area contributed by atoms with Crippen LogP contribution in [-0.2, 0) is 25.7 Å². The Bertz CT molecular complexity index is 1180. The average Bonchev–Trinajstić information content (AvgIpc) is 3.05. The zero-order valence-electron chi connectivity index (χ0n) is 27.6. The van der Waals surface area contributed by atoms with Crippen LogP contribution in [-0.4, -0.2) is 0 Å². The van der Waals surface area contributed by atoms with Crippen LogP contribution >= 0.6 is 0 Å². The van der Waals surface area contributed by atoms with Crippen molar-refractivity contribution in [3.8, 4) is 0 Å². The fraction of sp³-hybridized carbons (Fsp3) is 0.415. The van der Waals surface area contributed by atoms with Crippen LogP contribution in [0, 0.1) is 0 Å². The lowest BCUT2D eigenvalue weighted by molar-refractivity contribution is 0.579. The van der Waals surface area contributed by atoms with E-state index in [-0.39, 0.29) is 0 Å². The van der Waals surface area contributed by atoms with E-state index in [2.05, 4.69) is 48.5 Å². The van der Waals surface area contributed by atoms with Crippen molar-refractivity contribution in [2.45, 2.75) is 109 Å². The summed E-state index contributed by atoms with van der Waals surface area (Å²) in [5.74, 6) is 0. The summed E-state index contributed by atoms with van der Waals surface area (Å²) in [6, 6.07) is 33.1. The second kappa shape index (κ2) is 21.7. The molecular formula is C41H58N4. The molecule has 4 heteroatoms. The fourth-order valence-corrected chi connectivity index (χ4v) is 5.64. The van der Waals surface area contributed by atoms with Gasteiger partial charge in [-0.05, 0) is 122 Å². The van der Waals surface area contributed by atoms with E-state index in [0.29, 0.717) is 0 Å². The number of hydrogen-bond acceptors (Lipinski definition) is 4. The number of unbranched alkanes of at least 4 members (excludes halogenated alkanes) is 11. The van der Waals surface area contributed by atoms with Gasteiger partial charge in [0.1, 0.15) is 0 Å². The second-order valence-electron chi connectivity index (χ2n) is 12.6. The van der Waals surface area contributed by atoms with Gasteiger partial charge in [-0.25, -0.2) is 0 Å². The minimum Gasteiger partial charge on any atom is -0.399 e. The molecule has 45 heavy (non-hydrogen) atoms. The van der Waals surface area contributed by atoms with Gasteiger partial charge in [-0.15, -0.1) is 0 Å². The van der Waals surface area contributed by atoms with Gasteiger partial charge in [0.25, 0.3) is 0 Å². The van der Waals surface area contributed by atoms with Crippen LogP contribution in [0.2, 0.25) is 0 Å². The van der Waals surface area contributed by atoms with E-state index in [0.717, 1.165) is 22.7 Å². The maximum Gasteiger partial charge on any atom is 0.0314 e. The van der Waals surface area contributed by atoms with E-state index in [1.165, 1.54) is 131 Å². The van der Waals surface area contributed by atoms with Crippen molar-refractivity contribution in [3.05, 3.63) is 119 Å². The molecule has 0 unspecified atom stereocenters. The van der Waals surface area contributed by atoms with Crippen LogP contribution in [0.1, 0.15) is 106 Å². The lowest BCUT2D eigenvalue weighted by atomic mass is 10.0. The predicted molar refractivity (Wildman–Crippen MR) is 198 cm³/mol. The molecule has 0 amide bonds. The highest BCUT2D eigenvalue weighted by atomic mass is 14.5. The van der Waals surface area contributed by atoms with Crippen LogP contribution in [0.4, 0.5) is 22.7 Å². The molecule has 242 valence electrons. The maximum atomic E-state index is 5.70. The lowest BCUT2D eigenvalue weighted by Crippen LogP contribution is -1.90. The summed E-state index contributed by atoms with van der Waals surface area (Å²) >= 11 is 0. The molecule has 0 saturated carbocycles. The summed E-state index contributed by atoms with van der Waals surface area (Å²) in [4.78, 5) is 0. The standard InChI is InChI=1S/C21H30N2.C20H28N2/c22-20-14-10-18(11-15-20)8-6-4-2-1-3-5-7-9-19-12-16-21(23)17-13-19;21-19-13-9-17(10-14-19)7-5-3-1-2-4-6-8-18-11-15-20(22)16-12-18/h10-17H,1-9,22-23H2;9-16H,1-8,21-22H2. The van der Waals surface area contributed by atoms with Crippen LogP contribution in [0.25, 0.3) is 0 Å². The van der Waals surface area contributed by atoms with Crippen molar-refractivity contribution >= 4 is 22.7 Å². The molecule has 4 aromatic rings. The van der Waals surface area contributed by atoms with Crippen molar-refractivity contribution in [1.29, 1.82) is 0 Å². The van der Waals surface area contributed by atoms with Crippen molar-refractivity contribution in [1.82, 2.24) is 0 Å². The number of rotatable bonds is 19. The van der Waals surface area contributed by atoms with E-state index in [1.807, 2.05) is 48.5 Å². The molecule has 0 radical (unpaired) electrons. The first-order chi connectivity index (χ1) is 22.0. The molecular weight excluding hydrogens is 548 g/mol. The molecule has 0 heterocycles. The SMILES string of the molecule is Nc1ccc(CCCCCCCCCc2ccc(N)cc2)cc1.Nc1ccc(CCCCCCCCc2ccc(N)cc2)cc1. The number of nitrogens with two attached hydrogens (primary N) is 4. The summed E-state index contributed by atoms with van der Waals surface area (Å²) in [7, 11) is 0. The summed E-state index contributed by atoms with van der Waals surface area (Å²) in [5, 5.41) is 0. The van der Waals surface area contributed by atoms with Gasteiger partial charge in [0, 0.05) is 22.7 Å². The van der Waals surface area contributed by atoms with Gasteiger partial charge >= 0.3 is 0 Å². The Kier molecular flexibility index (Phi) is 17.2. The van der Waals surface area contributed by atoms with Gasteiger partial charge < -0.3 is 22.9 Å². The molecule has 0 bridgehead atoms. The normalized spacial score (nSPS) is 10.8. The quantitative estimate of drug-likeness (QED) is 0.0629. The van der Waals surface area contributed by atoms with E-state index >= 15 is 0 Å². The summed E-state index contributed by atoms with van der Waals surface area (Å²) in [6.07, 6.45) is 21.9. The molecule has 0 saturated heterocycles. The lowest BCUT2D eigenvalue weighted by Gasteiger charge is -2.04. The first-order valence-corrected chi connectivity index (χ1v) is 17.4. The highest BCUT2D eigenvalue weighted by Crippen LogP contribution is 2.16. The van der Waals surface area contributed by atoms with Crippen molar-refractivity contribution in [3.63, 3.8) is 0 Å². The minimum atomic E-state index is 0.852. The molecule has 8 N–H and O–H groups in total. The molecule has 0 aromatic heterocycles. The van der Waals surface area contributed by atoms with Gasteiger partial charge in [0.2, 0.25) is 0 Å². The van der Waals surface area contributed by atoms with Crippen molar-refractivity contribution < 1.29 is 0 Å². The number of nitrogen functional groups attached to an aromatic ring is 4. The van der Waals surface area contributed by atoms with E-state index in [1.54, 1.807) is 0 Å². The third kappa shape index (κ3) is 16.7. The zero-order chi connectivity index (χ0) is 32.0. The largest absolute Gasteiger partial charge is 0.399 e. The Labute approximate surface area is 273 Å². The monoisotopic (exact) mass is 606 g/mol. The van der Waals surface area contributed by atoms with Gasteiger partial charge in [-0.1, -0.05) is 106 Å². The Hall–Kier alpha value is -3.92. The third-order valence-corrected chi connectivity index (χ3v) is 8.53. The van der Waals surface area contributed by atoms with Gasteiger partial charge in [-0.3, -0.25) is 0 Å². The van der Waals surface area contributed by atoms with E-state index in [9.17, 15) is 0 Å². The van der Waals surface area contributed by atoms with Gasteiger partial charge in [-0.2, -0.15) is 0 Å². The molecule has 0 aliphatic rings. The minimum absolute atomic E-state index is 0.852. The number of anilines is 4. The third-order valence-electron chi connectivity index (χ3n) is 8.53. The van der Waals surface area contributed by atoms with Crippen LogP contribution < -0.4 is 22.9 Å². The Morgan fingerprint density at radius 1 is 0.222 bits per heavy atom. The van der Waals surface area contributed by atoms with E-state index < -0.39 is 0 Å². The Balaban J connectivity index is 0.000000246. The molecule has 0 aliphatic heterocycles. The molecule has 0 aliphatic carbocycles. The highest BCUT2D eigenvalue weighted by Gasteiger charge is 1.98. The summed E-state index contributed by atoms with van der Waals surface area (Å²) in [6.45, 7) is 0. The zero-order valence-corrected chi connectivity index (χ0v) is 27.6. The Morgan fingerprint density at radius 2 is 0.378 bits per heavy atom. The summed E-state index contributed by atoms with van der Waals surface area (Å²) in [5.41, 5.74) is 31.8. The first-order valence-electron chi connectivity index (χ1n) is 17.4. The molecule has 0 spiro atoms. The number of aryl methyl sites for hydroxylation is 4. The van der Waals surface area contributed by atoms with E-state index in [4.69, 9.17) is 22.9 Å². The predicted octanol–water partition coefficient (Wildman–Crippen LogP) is 10.3. The molecule has 4 nitrogen and oxygen atoms in total. The number of hydrogen-bond donors (Lipinski definition) is 4.